The van der Waals surface area contributed by atoms with E-state index in [-0.39, 0.29) is 11.6 Å². The number of carbonyl (C=O) groups excluding carboxylic acids is 2. The minimum absolute atomic E-state index is 0.248. The van der Waals surface area contributed by atoms with Crippen LogP contribution in [0.3, 0.4) is 0 Å². The number of nitrogens with zero attached hydrogens (tertiary/aromatic N) is 3. The molecule has 0 aliphatic carbocycles. The summed E-state index contributed by atoms with van der Waals surface area (Å²) in [4.78, 5) is 27.4. The zero-order valence-corrected chi connectivity index (χ0v) is 14.3. The second-order valence-electron chi connectivity index (χ2n) is 5.56. The number of carbonyl (C=O) groups is 2. The molecule has 0 aliphatic heterocycles. The quantitative estimate of drug-likeness (QED) is 0.688. The predicted octanol–water partition coefficient (Wildman–Crippen LogP) is 2.03. The Morgan fingerprint density at radius 2 is 1.92 bits per heavy atom. The second kappa shape index (κ2) is 8.06. The lowest BCUT2D eigenvalue weighted by atomic mass is 10.2. The van der Waals surface area contributed by atoms with Gasteiger partial charge < -0.3 is 10.1 Å². The van der Waals surface area contributed by atoms with Crippen LogP contribution in [-0.2, 0) is 11.2 Å². The number of nitrogens with one attached hydrogen (secondary N) is 1. The average Bonchev–Trinajstić information content (AvgIpc) is 3.17. The van der Waals surface area contributed by atoms with Gasteiger partial charge in [-0.1, -0.05) is 18.2 Å². The molecule has 2 aromatic heterocycles. The van der Waals surface area contributed by atoms with Crippen LogP contribution in [0.4, 0.5) is 0 Å². The third kappa shape index (κ3) is 4.13. The van der Waals surface area contributed by atoms with E-state index in [9.17, 15) is 9.59 Å². The minimum atomic E-state index is -0.486. The highest BCUT2D eigenvalue weighted by Crippen LogP contribution is 2.08. The summed E-state index contributed by atoms with van der Waals surface area (Å²) >= 11 is 0. The molecule has 7 heteroatoms. The highest BCUT2D eigenvalue weighted by molar-refractivity contribution is 5.94. The zero-order valence-electron chi connectivity index (χ0n) is 14.3. The van der Waals surface area contributed by atoms with Gasteiger partial charge in [-0.2, -0.15) is 5.10 Å². The van der Waals surface area contributed by atoms with Crippen molar-refractivity contribution in [3.63, 3.8) is 0 Å². The summed E-state index contributed by atoms with van der Waals surface area (Å²) in [5.74, 6) is -0.781. The smallest absolute Gasteiger partial charge is 0.339 e. The molecule has 1 aromatic carbocycles. The third-order valence-corrected chi connectivity index (χ3v) is 3.77. The van der Waals surface area contributed by atoms with Gasteiger partial charge in [0.1, 0.15) is 5.69 Å². The molecule has 0 spiro atoms. The van der Waals surface area contributed by atoms with Crippen molar-refractivity contribution in [2.24, 2.45) is 0 Å². The number of para-hydroxylation sites is 1. The van der Waals surface area contributed by atoms with Crippen LogP contribution in [0.25, 0.3) is 5.69 Å². The van der Waals surface area contributed by atoms with Gasteiger partial charge in [0.15, 0.2) is 0 Å². The first kappa shape index (κ1) is 17.3. The molecule has 3 rings (SSSR count). The first-order valence-corrected chi connectivity index (χ1v) is 8.09. The predicted molar refractivity (Wildman–Crippen MR) is 95.2 cm³/mol. The average molecular weight is 350 g/mol. The minimum Gasteiger partial charge on any atom is -0.465 e. The first-order valence-electron chi connectivity index (χ1n) is 8.09. The molecule has 0 saturated carbocycles. The van der Waals surface area contributed by atoms with Gasteiger partial charge in [0.25, 0.3) is 5.91 Å². The molecule has 7 nitrogen and oxygen atoms in total. The van der Waals surface area contributed by atoms with Crippen LogP contribution in [0.5, 0.6) is 0 Å². The third-order valence-electron chi connectivity index (χ3n) is 3.77. The molecular formula is C19H18N4O3. The SMILES string of the molecule is COC(=O)c1ccc(C(=O)NCCc2cnn(-c3ccccc3)c2)nc1. The summed E-state index contributed by atoms with van der Waals surface area (Å²) in [5.41, 5.74) is 2.55. The lowest BCUT2D eigenvalue weighted by molar-refractivity contribution is 0.0599. The van der Waals surface area contributed by atoms with E-state index in [1.165, 1.54) is 25.4 Å². The lowest BCUT2D eigenvalue weighted by Crippen LogP contribution is -2.26. The zero-order chi connectivity index (χ0) is 18.4. The molecule has 0 atom stereocenters. The molecule has 3 aromatic rings. The van der Waals surface area contributed by atoms with Crippen LogP contribution < -0.4 is 5.32 Å². The Hall–Kier alpha value is -3.48. The van der Waals surface area contributed by atoms with Crippen molar-refractivity contribution in [3.8, 4) is 5.69 Å². The summed E-state index contributed by atoms with van der Waals surface area (Å²) in [6.07, 6.45) is 5.69. The molecule has 1 N–H and O–H groups in total. The van der Waals surface area contributed by atoms with E-state index >= 15 is 0 Å². The number of hydrogen-bond acceptors (Lipinski definition) is 5. The van der Waals surface area contributed by atoms with Gasteiger partial charge >= 0.3 is 5.97 Å². The van der Waals surface area contributed by atoms with Crippen molar-refractivity contribution in [2.75, 3.05) is 13.7 Å². The first-order chi connectivity index (χ1) is 12.7. The molecule has 2 heterocycles. The molecule has 0 bridgehead atoms. The summed E-state index contributed by atoms with van der Waals surface area (Å²) in [6, 6.07) is 12.8. The van der Waals surface area contributed by atoms with Crippen molar-refractivity contribution >= 4 is 11.9 Å². The van der Waals surface area contributed by atoms with E-state index in [1.54, 1.807) is 10.9 Å². The molecule has 26 heavy (non-hydrogen) atoms. The molecule has 0 radical (unpaired) electrons. The normalized spacial score (nSPS) is 10.3. The number of rotatable bonds is 6. The van der Waals surface area contributed by atoms with E-state index in [2.05, 4.69) is 20.1 Å². The van der Waals surface area contributed by atoms with Gasteiger partial charge in [0.2, 0.25) is 0 Å². The molecule has 0 saturated heterocycles. The van der Waals surface area contributed by atoms with Crippen LogP contribution >= 0.6 is 0 Å². The van der Waals surface area contributed by atoms with E-state index < -0.39 is 5.97 Å². The summed E-state index contributed by atoms with van der Waals surface area (Å²) in [6.45, 7) is 0.458. The van der Waals surface area contributed by atoms with Gasteiger partial charge in [0.05, 0.1) is 24.6 Å². The second-order valence-corrected chi connectivity index (χ2v) is 5.56. The fourth-order valence-electron chi connectivity index (χ4n) is 2.39. The Kier molecular flexibility index (Phi) is 5.38. The standard InChI is InChI=1S/C19H18N4O3/c1-26-19(25)15-7-8-17(21-12-15)18(24)20-10-9-14-11-22-23(13-14)16-5-3-2-4-6-16/h2-8,11-13H,9-10H2,1H3,(H,20,24). The number of pyridine rings is 1. The Balaban J connectivity index is 1.52. The molecule has 0 unspecified atom stereocenters. The summed E-state index contributed by atoms with van der Waals surface area (Å²) in [7, 11) is 1.29. The summed E-state index contributed by atoms with van der Waals surface area (Å²) in [5, 5.41) is 7.13. The number of amides is 1. The van der Waals surface area contributed by atoms with Crippen molar-refractivity contribution in [2.45, 2.75) is 6.42 Å². The maximum atomic E-state index is 12.1. The fraction of sp³-hybridized carbons (Fsp3) is 0.158. The van der Waals surface area contributed by atoms with Gasteiger partial charge in [-0.05, 0) is 36.2 Å². The topological polar surface area (TPSA) is 86.1 Å². The van der Waals surface area contributed by atoms with Crippen molar-refractivity contribution in [3.05, 3.63) is 77.9 Å². The van der Waals surface area contributed by atoms with Gasteiger partial charge in [-0.25, -0.2) is 9.48 Å². The molecule has 0 aliphatic rings. The maximum Gasteiger partial charge on any atom is 0.339 e. The number of methoxy groups -OCH3 is 1. The van der Waals surface area contributed by atoms with Crippen LogP contribution in [0.1, 0.15) is 26.4 Å². The van der Waals surface area contributed by atoms with Crippen LogP contribution in [-0.4, -0.2) is 40.3 Å². The van der Waals surface area contributed by atoms with Crippen LogP contribution in [0.2, 0.25) is 0 Å². The van der Waals surface area contributed by atoms with Crippen molar-refractivity contribution < 1.29 is 14.3 Å². The van der Waals surface area contributed by atoms with E-state index in [4.69, 9.17) is 0 Å². The number of esters is 1. The van der Waals surface area contributed by atoms with E-state index in [0.717, 1.165) is 11.3 Å². The monoisotopic (exact) mass is 350 g/mol. The number of benzene rings is 1. The van der Waals surface area contributed by atoms with Crippen LogP contribution in [0.15, 0.2) is 61.1 Å². The van der Waals surface area contributed by atoms with Gasteiger partial charge in [-0.15, -0.1) is 0 Å². The lowest BCUT2D eigenvalue weighted by Gasteiger charge is -2.04. The Morgan fingerprint density at radius 3 is 2.62 bits per heavy atom. The van der Waals surface area contributed by atoms with E-state index in [1.807, 2.05) is 36.5 Å². The van der Waals surface area contributed by atoms with Crippen molar-refractivity contribution in [1.82, 2.24) is 20.1 Å². The van der Waals surface area contributed by atoms with E-state index in [0.29, 0.717) is 18.5 Å². The molecule has 132 valence electrons. The van der Waals surface area contributed by atoms with Gasteiger partial charge in [-0.3, -0.25) is 9.78 Å². The highest BCUT2D eigenvalue weighted by atomic mass is 16.5. The summed E-state index contributed by atoms with van der Waals surface area (Å²) < 4.78 is 6.39. The number of aromatic nitrogens is 3. The Labute approximate surface area is 150 Å². The highest BCUT2D eigenvalue weighted by Gasteiger charge is 2.10. The molecule has 0 fully saturated rings. The van der Waals surface area contributed by atoms with Crippen LogP contribution in [0, 0.1) is 0 Å². The van der Waals surface area contributed by atoms with Crippen molar-refractivity contribution in [1.29, 1.82) is 0 Å². The largest absolute Gasteiger partial charge is 0.465 e. The number of ether oxygens (including phenoxy) is 1. The Morgan fingerprint density at radius 1 is 1.12 bits per heavy atom. The molecule has 1 amide bonds. The van der Waals surface area contributed by atoms with Gasteiger partial charge in [0, 0.05) is 18.9 Å². The number of hydrogen-bond donors (Lipinski definition) is 1. The fourth-order valence-corrected chi connectivity index (χ4v) is 2.39. The Bertz CT molecular complexity index is 889. The maximum absolute atomic E-state index is 12.1. The molecular weight excluding hydrogens is 332 g/mol.